The van der Waals surface area contributed by atoms with E-state index in [1.54, 1.807) is 24.4 Å². The summed E-state index contributed by atoms with van der Waals surface area (Å²) in [5.41, 5.74) is 1.17. The van der Waals surface area contributed by atoms with E-state index < -0.39 is 4.92 Å². The molecular weight excluding hydrogens is 443 g/mol. The zero-order valence-electron chi connectivity index (χ0n) is 17.5. The van der Waals surface area contributed by atoms with Gasteiger partial charge < -0.3 is 9.80 Å². The summed E-state index contributed by atoms with van der Waals surface area (Å²) in [6, 6.07) is 16.1. The molecule has 5 rings (SSSR count). The molecule has 0 spiro atoms. The molecule has 1 aliphatic heterocycles. The van der Waals surface area contributed by atoms with E-state index in [0.717, 1.165) is 15.8 Å². The van der Waals surface area contributed by atoms with Crippen LogP contribution in [0.2, 0.25) is 0 Å². The molecule has 1 aliphatic rings. The molecule has 4 aromatic rings. The Hall–Kier alpha value is -3.79. The van der Waals surface area contributed by atoms with Gasteiger partial charge in [-0.2, -0.15) is 0 Å². The number of benzene rings is 2. The van der Waals surface area contributed by atoms with E-state index in [0.29, 0.717) is 31.9 Å². The van der Waals surface area contributed by atoms with E-state index in [2.05, 4.69) is 15.0 Å². The first-order valence-corrected chi connectivity index (χ1v) is 11.2. The Morgan fingerprint density at radius 2 is 1.67 bits per heavy atom. The van der Waals surface area contributed by atoms with Gasteiger partial charge in [-0.1, -0.05) is 42.1 Å². The van der Waals surface area contributed by atoms with E-state index in [1.165, 1.54) is 24.2 Å². The van der Waals surface area contributed by atoms with Crippen LogP contribution in [-0.2, 0) is 0 Å². The number of nitro groups is 1. The highest BCUT2D eigenvalue weighted by atomic mass is 32.2. The number of hydrogen-bond donors (Lipinski definition) is 0. The second-order valence-electron chi connectivity index (χ2n) is 7.47. The number of para-hydroxylation sites is 2. The third kappa shape index (κ3) is 4.17. The molecule has 0 radical (unpaired) electrons. The average Bonchev–Trinajstić information content (AvgIpc) is 2.84. The second-order valence-corrected chi connectivity index (χ2v) is 8.50. The molecule has 0 bridgehead atoms. The van der Waals surface area contributed by atoms with Crippen molar-refractivity contribution in [3.05, 3.63) is 83.1 Å². The van der Waals surface area contributed by atoms with E-state index >= 15 is 0 Å². The van der Waals surface area contributed by atoms with Crippen LogP contribution >= 0.6 is 11.8 Å². The summed E-state index contributed by atoms with van der Waals surface area (Å²) in [5.74, 6) is 0.000212. The fraction of sp³-hybridized carbons (Fsp3) is 0.174. The van der Waals surface area contributed by atoms with Gasteiger partial charge in [-0.3, -0.25) is 15.1 Å². The summed E-state index contributed by atoms with van der Waals surface area (Å²) >= 11 is 1.21. The highest BCUT2D eigenvalue weighted by Gasteiger charge is 2.30. The van der Waals surface area contributed by atoms with Crippen molar-refractivity contribution in [2.24, 2.45) is 0 Å². The van der Waals surface area contributed by atoms with Gasteiger partial charge >= 0.3 is 5.69 Å². The monoisotopic (exact) mass is 462 g/mol. The molecule has 3 heterocycles. The molecule has 2 aromatic carbocycles. The normalized spacial score (nSPS) is 14.0. The van der Waals surface area contributed by atoms with Gasteiger partial charge in [0, 0.05) is 42.7 Å². The highest BCUT2D eigenvalue weighted by molar-refractivity contribution is 7.99. The number of hydrogen-bond acceptors (Lipinski definition) is 8. The van der Waals surface area contributed by atoms with Crippen molar-refractivity contribution < 1.29 is 9.31 Å². The van der Waals surface area contributed by atoms with E-state index in [-0.39, 0.29) is 22.3 Å². The molecule has 8 nitrogen and oxygen atoms in total. The van der Waals surface area contributed by atoms with Crippen molar-refractivity contribution in [3.8, 4) is 0 Å². The molecule has 0 saturated carbocycles. The van der Waals surface area contributed by atoms with E-state index in [9.17, 15) is 14.5 Å². The maximum absolute atomic E-state index is 14.2. The summed E-state index contributed by atoms with van der Waals surface area (Å²) in [7, 11) is 0. The van der Waals surface area contributed by atoms with Crippen molar-refractivity contribution in [2.45, 2.75) is 9.92 Å². The lowest BCUT2D eigenvalue weighted by Gasteiger charge is -2.36. The average molecular weight is 463 g/mol. The first-order chi connectivity index (χ1) is 16.1. The number of aromatic nitrogens is 3. The standard InChI is InChI=1S/C23H19FN6O2S/c24-17-7-1-2-8-18(17)28-11-13-29(14-12-28)22-21(30(31)32)23(27-15-26-22)33-19-9-3-5-16-6-4-10-25-20(16)19/h1-10,15H,11-14H2. The Labute approximate surface area is 193 Å². The third-order valence-corrected chi connectivity index (χ3v) is 6.57. The van der Waals surface area contributed by atoms with Crippen LogP contribution < -0.4 is 9.80 Å². The number of halogens is 1. The first-order valence-electron chi connectivity index (χ1n) is 10.4. The van der Waals surface area contributed by atoms with E-state index in [1.807, 2.05) is 40.1 Å². The molecule has 166 valence electrons. The summed E-state index contributed by atoms with van der Waals surface area (Å²) < 4.78 is 14.2. The minimum absolute atomic E-state index is 0.130. The number of piperazine rings is 1. The van der Waals surface area contributed by atoms with Crippen LogP contribution in [0.1, 0.15) is 0 Å². The number of nitrogens with zero attached hydrogens (tertiary/aromatic N) is 6. The van der Waals surface area contributed by atoms with Gasteiger partial charge in [-0.05, 0) is 24.3 Å². The van der Waals surface area contributed by atoms with Gasteiger partial charge in [0.1, 0.15) is 12.1 Å². The lowest BCUT2D eigenvalue weighted by atomic mass is 10.2. The zero-order chi connectivity index (χ0) is 22.8. The Balaban J connectivity index is 1.43. The molecule has 2 aromatic heterocycles. The topological polar surface area (TPSA) is 88.3 Å². The predicted octanol–water partition coefficient (Wildman–Crippen LogP) is 4.55. The van der Waals surface area contributed by atoms with Crippen molar-refractivity contribution in [1.29, 1.82) is 0 Å². The molecule has 0 aliphatic carbocycles. The van der Waals surface area contributed by atoms with Crippen LogP contribution in [-0.4, -0.2) is 46.1 Å². The maximum atomic E-state index is 14.2. The van der Waals surface area contributed by atoms with Crippen LogP contribution in [0, 0.1) is 15.9 Å². The Morgan fingerprint density at radius 1 is 0.909 bits per heavy atom. The number of anilines is 2. The summed E-state index contributed by atoms with van der Waals surface area (Å²) in [4.78, 5) is 29.1. The van der Waals surface area contributed by atoms with Crippen LogP contribution in [0.5, 0.6) is 0 Å². The summed E-state index contributed by atoms with van der Waals surface area (Å²) in [5, 5.41) is 13.3. The molecule has 0 amide bonds. The molecule has 0 unspecified atom stereocenters. The number of pyridine rings is 1. The van der Waals surface area contributed by atoms with Crippen molar-refractivity contribution in [1.82, 2.24) is 15.0 Å². The van der Waals surface area contributed by atoms with Crippen molar-refractivity contribution in [2.75, 3.05) is 36.0 Å². The summed E-state index contributed by atoms with van der Waals surface area (Å²) in [6.45, 7) is 2.01. The smallest absolute Gasteiger partial charge is 0.343 e. The van der Waals surface area contributed by atoms with Crippen molar-refractivity contribution in [3.63, 3.8) is 0 Å². The van der Waals surface area contributed by atoms with Gasteiger partial charge in [-0.25, -0.2) is 14.4 Å². The minimum atomic E-state index is -0.431. The molecule has 1 fully saturated rings. The maximum Gasteiger partial charge on any atom is 0.343 e. The van der Waals surface area contributed by atoms with Crippen molar-refractivity contribution >= 4 is 39.9 Å². The molecule has 0 N–H and O–H groups in total. The predicted molar refractivity (Wildman–Crippen MR) is 125 cm³/mol. The minimum Gasteiger partial charge on any atom is -0.366 e. The van der Waals surface area contributed by atoms with Crippen LogP contribution in [0.4, 0.5) is 21.6 Å². The van der Waals surface area contributed by atoms with Crippen LogP contribution in [0.15, 0.2) is 77.0 Å². The quantitative estimate of drug-likeness (QED) is 0.242. The molecule has 0 atom stereocenters. The molecular formula is C23H19FN6O2S. The van der Waals surface area contributed by atoms with Crippen LogP contribution in [0.25, 0.3) is 10.9 Å². The van der Waals surface area contributed by atoms with E-state index in [4.69, 9.17) is 0 Å². The fourth-order valence-corrected chi connectivity index (χ4v) is 4.93. The third-order valence-electron chi connectivity index (χ3n) is 5.53. The fourth-order valence-electron chi connectivity index (χ4n) is 3.95. The highest BCUT2D eigenvalue weighted by Crippen LogP contribution is 2.40. The first kappa shape index (κ1) is 21.1. The SMILES string of the molecule is O=[N+]([O-])c1c(Sc2cccc3cccnc23)ncnc1N1CCN(c2ccccc2F)CC1. The summed E-state index contributed by atoms with van der Waals surface area (Å²) in [6.07, 6.45) is 3.05. The Morgan fingerprint density at radius 3 is 2.45 bits per heavy atom. The van der Waals surface area contributed by atoms with Gasteiger partial charge in [0.05, 0.1) is 16.1 Å². The molecule has 1 saturated heterocycles. The Kier molecular flexibility index (Phi) is 5.74. The second kappa shape index (κ2) is 8.99. The number of rotatable bonds is 5. The van der Waals surface area contributed by atoms with Gasteiger partial charge in [-0.15, -0.1) is 0 Å². The number of fused-ring (bicyclic) bond motifs is 1. The van der Waals surface area contributed by atoms with Gasteiger partial charge in [0.15, 0.2) is 5.03 Å². The molecule has 33 heavy (non-hydrogen) atoms. The largest absolute Gasteiger partial charge is 0.366 e. The van der Waals surface area contributed by atoms with Gasteiger partial charge in [0.2, 0.25) is 5.82 Å². The molecule has 10 heteroatoms. The lowest BCUT2D eigenvalue weighted by molar-refractivity contribution is -0.387. The Bertz CT molecular complexity index is 1320. The lowest BCUT2D eigenvalue weighted by Crippen LogP contribution is -2.47. The van der Waals surface area contributed by atoms with Crippen LogP contribution in [0.3, 0.4) is 0 Å². The van der Waals surface area contributed by atoms with Gasteiger partial charge in [0.25, 0.3) is 0 Å². The zero-order valence-corrected chi connectivity index (χ0v) is 18.3.